The molecule has 0 radical (unpaired) electrons. The SMILES string of the molecule is Cc1cc2nc(-c3ccc4nc[nH]c4c3)sc2c(-c2ccc(Cl)cc2)c1[C@H](OC(C)(C)C)C(=O)O. The maximum Gasteiger partial charge on any atom is 0.337 e. The molecule has 0 unspecified atom stereocenters. The quantitative estimate of drug-likeness (QED) is 0.259. The van der Waals surface area contributed by atoms with Crippen molar-refractivity contribution in [3.63, 3.8) is 0 Å². The van der Waals surface area contributed by atoms with Crippen molar-refractivity contribution in [1.29, 1.82) is 0 Å². The first kappa shape index (κ1) is 23.5. The van der Waals surface area contributed by atoms with E-state index < -0.39 is 17.7 Å². The summed E-state index contributed by atoms with van der Waals surface area (Å²) in [6.07, 6.45) is 0.527. The first-order chi connectivity index (χ1) is 16.6. The van der Waals surface area contributed by atoms with Crippen LogP contribution in [0.1, 0.15) is 38.0 Å². The summed E-state index contributed by atoms with van der Waals surface area (Å²) in [5.74, 6) is -1.04. The maximum absolute atomic E-state index is 12.5. The van der Waals surface area contributed by atoms with Gasteiger partial charge in [-0.05, 0) is 75.2 Å². The van der Waals surface area contributed by atoms with E-state index in [0.29, 0.717) is 10.6 Å². The van der Waals surface area contributed by atoms with Crippen molar-refractivity contribution in [3.05, 3.63) is 71.0 Å². The number of carboxylic acid groups (broad SMARTS) is 1. The van der Waals surface area contributed by atoms with E-state index >= 15 is 0 Å². The standard InChI is InChI=1S/C27H24ClN3O3S/c1-14-11-20-24(35-25(31-20)16-7-10-18-19(12-16)30-13-29-18)22(15-5-8-17(28)9-6-15)21(14)23(26(32)33)34-27(2,3)4/h5-13,23H,1-4H3,(H,29,30)(H,32,33)/t23-/m0/s1. The van der Waals surface area contributed by atoms with Gasteiger partial charge in [0.25, 0.3) is 0 Å². The number of aliphatic carboxylic acids is 1. The number of nitrogens with one attached hydrogen (secondary N) is 1. The van der Waals surface area contributed by atoms with Crippen LogP contribution in [0.15, 0.2) is 54.9 Å². The van der Waals surface area contributed by atoms with Gasteiger partial charge in [-0.25, -0.2) is 14.8 Å². The normalized spacial score (nSPS) is 12.9. The molecule has 8 heteroatoms. The van der Waals surface area contributed by atoms with Crippen molar-refractivity contribution >= 4 is 50.2 Å². The second-order valence-electron chi connectivity index (χ2n) is 9.44. The first-order valence-electron chi connectivity index (χ1n) is 11.1. The zero-order chi connectivity index (χ0) is 24.9. The lowest BCUT2D eigenvalue weighted by molar-refractivity contribution is -0.160. The minimum absolute atomic E-state index is 0.609. The molecule has 2 N–H and O–H groups in total. The molecule has 0 saturated heterocycles. The number of benzene rings is 3. The number of aryl methyl sites for hydroxylation is 1. The van der Waals surface area contributed by atoms with Crippen LogP contribution in [-0.4, -0.2) is 31.6 Å². The highest BCUT2D eigenvalue weighted by Crippen LogP contribution is 2.44. The molecule has 0 bridgehead atoms. The second-order valence-corrected chi connectivity index (χ2v) is 10.9. The van der Waals surface area contributed by atoms with Crippen LogP contribution in [0.3, 0.4) is 0 Å². The molecule has 2 heterocycles. The molecule has 0 aliphatic heterocycles. The van der Waals surface area contributed by atoms with E-state index in [9.17, 15) is 9.90 Å². The van der Waals surface area contributed by atoms with E-state index in [1.54, 1.807) is 6.33 Å². The highest BCUT2D eigenvalue weighted by atomic mass is 35.5. The van der Waals surface area contributed by atoms with Crippen molar-refractivity contribution in [2.75, 3.05) is 0 Å². The fraction of sp³-hybridized carbons (Fsp3) is 0.222. The molecular weight excluding hydrogens is 482 g/mol. The Hall–Kier alpha value is -3.26. The number of carboxylic acids is 1. The highest BCUT2D eigenvalue weighted by Gasteiger charge is 2.32. The summed E-state index contributed by atoms with van der Waals surface area (Å²) in [6, 6.07) is 15.4. The summed E-state index contributed by atoms with van der Waals surface area (Å²) in [7, 11) is 0. The average Bonchev–Trinajstić information content (AvgIpc) is 3.43. The molecule has 2 aromatic heterocycles. The number of nitrogens with zero attached hydrogens (tertiary/aromatic N) is 2. The molecule has 6 nitrogen and oxygen atoms in total. The Balaban J connectivity index is 1.78. The van der Waals surface area contributed by atoms with E-state index in [2.05, 4.69) is 9.97 Å². The van der Waals surface area contributed by atoms with Crippen molar-refractivity contribution in [1.82, 2.24) is 15.0 Å². The van der Waals surface area contributed by atoms with E-state index in [1.165, 1.54) is 11.3 Å². The number of imidazole rings is 1. The van der Waals surface area contributed by atoms with Gasteiger partial charge in [0.15, 0.2) is 6.10 Å². The van der Waals surface area contributed by atoms with Crippen LogP contribution in [0.4, 0.5) is 0 Å². The number of halogens is 1. The number of ether oxygens (including phenoxy) is 1. The lowest BCUT2D eigenvalue weighted by Crippen LogP contribution is -2.28. The fourth-order valence-corrected chi connectivity index (χ4v) is 5.48. The third kappa shape index (κ3) is 4.55. The molecular formula is C27H24ClN3O3S. The lowest BCUT2D eigenvalue weighted by atomic mass is 9.91. The Morgan fingerprint density at radius 3 is 2.49 bits per heavy atom. The number of aromatic amines is 1. The van der Waals surface area contributed by atoms with Crippen molar-refractivity contribution < 1.29 is 14.6 Å². The summed E-state index contributed by atoms with van der Waals surface area (Å²) in [5, 5.41) is 11.6. The van der Waals surface area contributed by atoms with Crippen LogP contribution >= 0.6 is 22.9 Å². The van der Waals surface area contributed by atoms with Gasteiger partial charge >= 0.3 is 5.97 Å². The van der Waals surface area contributed by atoms with Crippen molar-refractivity contribution in [3.8, 4) is 21.7 Å². The maximum atomic E-state index is 12.5. The van der Waals surface area contributed by atoms with E-state index in [1.807, 2.05) is 76.2 Å². The van der Waals surface area contributed by atoms with Gasteiger partial charge in [0.05, 0.1) is 33.2 Å². The number of rotatable bonds is 5. The lowest BCUT2D eigenvalue weighted by Gasteiger charge is -2.28. The smallest absolute Gasteiger partial charge is 0.337 e. The average molecular weight is 506 g/mol. The number of aromatic nitrogens is 3. The summed E-state index contributed by atoms with van der Waals surface area (Å²) >= 11 is 7.70. The Labute approximate surface area is 211 Å². The number of fused-ring (bicyclic) bond motifs is 2. The zero-order valence-electron chi connectivity index (χ0n) is 19.7. The molecule has 5 aromatic rings. The van der Waals surface area contributed by atoms with Crippen LogP contribution in [0.2, 0.25) is 5.02 Å². The number of H-pyrrole nitrogens is 1. The summed E-state index contributed by atoms with van der Waals surface area (Å²) in [4.78, 5) is 24.8. The molecule has 0 spiro atoms. The van der Waals surface area contributed by atoms with Gasteiger partial charge in [0.2, 0.25) is 0 Å². The van der Waals surface area contributed by atoms with Gasteiger partial charge < -0.3 is 14.8 Å². The van der Waals surface area contributed by atoms with Gasteiger partial charge in [0, 0.05) is 21.7 Å². The molecule has 0 aliphatic carbocycles. The van der Waals surface area contributed by atoms with Crippen LogP contribution in [-0.2, 0) is 9.53 Å². The summed E-state index contributed by atoms with van der Waals surface area (Å²) in [6.45, 7) is 7.48. The zero-order valence-corrected chi connectivity index (χ0v) is 21.3. The number of hydrogen-bond donors (Lipinski definition) is 2. The predicted molar refractivity (Wildman–Crippen MR) is 141 cm³/mol. The summed E-state index contributed by atoms with van der Waals surface area (Å²) < 4.78 is 6.98. The second kappa shape index (κ2) is 8.75. The van der Waals surface area contributed by atoms with Gasteiger partial charge in [-0.2, -0.15) is 0 Å². The molecule has 5 rings (SSSR count). The van der Waals surface area contributed by atoms with Gasteiger partial charge in [0.1, 0.15) is 5.01 Å². The predicted octanol–water partition coefficient (Wildman–Crippen LogP) is 7.41. The minimum Gasteiger partial charge on any atom is -0.479 e. The first-order valence-corrected chi connectivity index (χ1v) is 12.3. The summed E-state index contributed by atoms with van der Waals surface area (Å²) in [5.41, 5.74) is 6.03. The third-order valence-corrected chi connectivity index (χ3v) is 7.08. The van der Waals surface area contributed by atoms with Crippen LogP contribution in [0.25, 0.3) is 42.9 Å². The molecule has 1 atom stereocenters. The highest BCUT2D eigenvalue weighted by molar-refractivity contribution is 7.22. The third-order valence-electron chi connectivity index (χ3n) is 5.69. The topological polar surface area (TPSA) is 88.1 Å². The van der Waals surface area contributed by atoms with Gasteiger partial charge in [-0.1, -0.05) is 23.7 Å². The minimum atomic E-state index is -1.14. The van der Waals surface area contributed by atoms with Crippen LogP contribution < -0.4 is 0 Å². The van der Waals surface area contributed by atoms with Gasteiger partial charge in [-0.15, -0.1) is 11.3 Å². The Morgan fingerprint density at radius 2 is 1.80 bits per heavy atom. The van der Waals surface area contributed by atoms with Gasteiger partial charge in [-0.3, -0.25) is 0 Å². The van der Waals surface area contributed by atoms with E-state index in [0.717, 1.165) is 48.5 Å². The molecule has 0 amide bonds. The number of carbonyl (C=O) groups is 1. The Bertz CT molecular complexity index is 1560. The van der Waals surface area contributed by atoms with Crippen molar-refractivity contribution in [2.24, 2.45) is 0 Å². The van der Waals surface area contributed by atoms with E-state index in [4.69, 9.17) is 21.3 Å². The fourth-order valence-electron chi connectivity index (χ4n) is 4.23. The Kier molecular flexibility index (Phi) is 5.87. The molecule has 35 heavy (non-hydrogen) atoms. The van der Waals surface area contributed by atoms with E-state index in [-0.39, 0.29) is 0 Å². The van der Waals surface area contributed by atoms with Crippen LogP contribution in [0.5, 0.6) is 0 Å². The molecule has 3 aromatic carbocycles. The molecule has 0 fully saturated rings. The molecule has 0 saturated carbocycles. The molecule has 0 aliphatic rings. The van der Waals surface area contributed by atoms with Crippen molar-refractivity contribution in [2.45, 2.75) is 39.4 Å². The Morgan fingerprint density at radius 1 is 1.09 bits per heavy atom. The largest absolute Gasteiger partial charge is 0.479 e. The molecule has 178 valence electrons. The number of thiazole rings is 1. The monoisotopic (exact) mass is 505 g/mol. The van der Waals surface area contributed by atoms with Crippen LogP contribution in [0, 0.1) is 6.92 Å². The number of hydrogen-bond acceptors (Lipinski definition) is 5.